The van der Waals surface area contributed by atoms with Crippen molar-refractivity contribution in [1.82, 2.24) is 15.6 Å². The molecule has 2 N–H and O–H groups in total. The van der Waals surface area contributed by atoms with Crippen molar-refractivity contribution in [2.24, 2.45) is 5.10 Å². The molecule has 3 aromatic rings. The van der Waals surface area contributed by atoms with Gasteiger partial charge in [0, 0.05) is 11.1 Å². The minimum atomic E-state index is -0.319. The van der Waals surface area contributed by atoms with Crippen LogP contribution in [0.4, 0.5) is 0 Å². The molecule has 0 spiro atoms. The number of aromatic amines is 1. The lowest BCUT2D eigenvalue weighted by Gasteiger charge is -2.00. The molecule has 2 aromatic carbocycles. The normalized spacial score (nSPS) is 11.7. The van der Waals surface area contributed by atoms with Crippen molar-refractivity contribution in [2.75, 3.05) is 0 Å². The highest BCUT2D eigenvalue weighted by Gasteiger charge is 2.16. The van der Waals surface area contributed by atoms with Gasteiger partial charge in [-0.3, -0.25) is 9.89 Å². The molecule has 0 aliphatic rings. The van der Waals surface area contributed by atoms with Gasteiger partial charge in [-0.2, -0.15) is 10.2 Å². The minimum absolute atomic E-state index is 0.319. The van der Waals surface area contributed by atoms with Gasteiger partial charge in [0.05, 0.1) is 11.9 Å². The molecule has 0 fully saturated rings. The number of amides is 1. The lowest BCUT2D eigenvalue weighted by Crippen LogP contribution is -2.19. The number of hydrazone groups is 1. The van der Waals surface area contributed by atoms with Gasteiger partial charge in [0.2, 0.25) is 0 Å². The number of benzene rings is 2. The van der Waals surface area contributed by atoms with Crippen LogP contribution >= 0.6 is 0 Å². The fourth-order valence-electron chi connectivity index (χ4n) is 2.59. The predicted molar refractivity (Wildman–Crippen MR) is 105 cm³/mol. The monoisotopic (exact) mass is 344 g/mol. The molecule has 5 nitrogen and oxygen atoms in total. The number of hydrogen-bond acceptors (Lipinski definition) is 3. The molecule has 1 heterocycles. The Balaban J connectivity index is 1.67. The first-order valence-electron chi connectivity index (χ1n) is 8.32. The number of nitrogens with zero attached hydrogens (tertiary/aromatic N) is 2. The third-order valence-corrected chi connectivity index (χ3v) is 3.91. The predicted octanol–water partition coefficient (Wildman–Crippen LogP) is 4.20. The molecule has 0 unspecified atom stereocenters. The Labute approximate surface area is 152 Å². The third kappa shape index (κ3) is 4.13. The number of aromatic nitrogens is 2. The van der Waals surface area contributed by atoms with Crippen molar-refractivity contribution in [3.05, 3.63) is 83.1 Å². The SMILES string of the molecule is CC(/C=N\NC(=O)c1[nH]nc(-c2ccccc2)c1C)=C\c1ccccc1. The summed E-state index contributed by atoms with van der Waals surface area (Å²) in [6, 6.07) is 19.7. The van der Waals surface area contributed by atoms with E-state index in [4.69, 9.17) is 0 Å². The zero-order valence-corrected chi connectivity index (χ0v) is 14.7. The standard InChI is InChI=1S/C21H20N4O/c1-15(13-17-9-5-3-6-10-17)14-22-25-21(26)20-16(2)19(23-24-20)18-11-7-4-8-12-18/h3-14H,1-2H3,(H,23,24)(H,25,26)/b15-13+,22-14-. The molecule has 0 bridgehead atoms. The molecule has 0 aliphatic carbocycles. The molecule has 0 atom stereocenters. The van der Waals surface area contributed by atoms with Crippen LogP contribution in [0.3, 0.4) is 0 Å². The summed E-state index contributed by atoms with van der Waals surface area (Å²) in [6.07, 6.45) is 3.61. The lowest BCUT2D eigenvalue weighted by molar-refractivity contribution is 0.0949. The smallest absolute Gasteiger partial charge is 0.272 e. The molecular formula is C21H20N4O. The second-order valence-corrected chi connectivity index (χ2v) is 5.94. The average Bonchev–Trinajstić information content (AvgIpc) is 3.04. The number of hydrogen-bond donors (Lipinski definition) is 2. The van der Waals surface area contributed by atoms with E-state index in [-0.39, 0.29) is 5.91 Å². The Kier molecular flexibility index (Phi) is 5.39. The van der Waals surface area contributed by atoms with Crippen LogP contribution in [0.5, 0.6) is 0 Å². The van der Waals surface area contributed by atoms with E-state index in [2.05, 4.69) is 20.7 Å². The number of carbonyl (C=O) groups is 1. The van der Waals surface area contributed by atoms with Gasteiger partial charge in [-0.1, -0.05) is 66.7 Å². The first-order valence-corrected chi connectivity index (χ1v) is 8.32. The minimum Gasteiger partial charge on any atom is -0.272 e. The molecule has 1 amide bonds. The van der Waals surface area contributed by atoms with E-state index < -0.39 is 0 Å². The second kappa shape index (κ2) is 8.07. The second-order valence-electron chi connectivity index (χ2n) is 5.94. The summed E-state index contributed by atoms with van der Waals surface area (Å²) in [5.74, 6) is -0.319. The van der Waals surface area contributed by atoms with Gasteiger partial charge in [-0.25, -0.2) is 5.43 Å². The van der Waals surface area contributed by atoms with Gasteiger partial charge in [-0.05, 0) is 25.0 Å². The topological polar surface area (TPSA) is 70.1 Å². The molecule has 5 heteroatoms. The molecule has 0 saturated carbocycles. The average molecular weight is 344 g/mol. The van der Waals surface area contributed by atoms with Gasteiger partial charge in [-0.15, -0.1) is 0 Å². The Morgan fingerprint density at radius 2 is 1.73 bits per heavy atom. The Hall–Kier alpha value is -3.47. The fourth-order valence-corrected chi connectivity index (χ4v) is 2.59. The van der Waals surface area contributed by atoms with E-state index in [9.17, 15) is 4.79 Å². The zero-order chi connectivity index (χ0) is 18.4. The van der Waals surface area contributed by atoms with Crippen LogP contribution in [0.15, 0.2) is 71.3 Å². The largest absolute Gasteiger partial charge is 0.289 e. The highest BCUT2D eigenvalue weighted by molar-refractivity contribution is 5.96. The first-order chi connectivity index (χ1) is 12.6. The van der Waals surface area contributed by atoms with Crippen LogP contribution in [-0.4, -0.2) is 22.3 Å². The van der Waals surface area contributed by atoms with Crippen molar-refractivity contribution in [3.8, 4) is 11.3 Å². The van der Waals surface area contributed by atoms with Crippen LogP contribution in [0.25, 0.3) is 17.3 Å². The quantitative estimate of drug-likeness (QED) is 0.538. The van der Waals surface area contributed by atoms with Crippen LogP contribution in [0.2, 0.25) is 0 Å². The Bertz CT molecular complexity index is 941. The van der Waals surface area contributed by atoms with Crippen LogP contribution < -0.4 is 5.43 Å². The summed E-state index contributed by atoms with van der Waals surface area (Å²) >= 11 is 0. The van der Waals surface area contributed by atoms with Crippen molar-refractivity contribution in [3.63, 3.8) is 0 Å². The van der Waals surface area contributed by atoms with E-state index in [1.807, 2.05) is 80.6 Å². The Morgan fingerprint density at radius 3 is 2.42 bits per heavy atom. The number of allylic oxidation sites excluding steroid dienone is 1. The number of H-pyrrole nitrogens is 1. The molecule has 130 valence electrons. The molecule has 0 radical (unpaired) electrons. The first kappa shape index (κ1) is 17.4. The fraction of sp³-hybridized carbons (Fsp3) is 0.0952. The lowest BCUT2D eigenvalue weighted by atomic mass is 10.1. The van der Waals surface area contributed by atoms with E-state index in [1.165, 1.54) is 0 Å². The third-order valence-electron chi connectivity index (χ3n) is 3.91. The maximum absolute atomic E-state index is 12.3. The van der Waals surface area contributed by atoms with Gasteiger partial charge in [0.25, 0.3) is 5.91 Å². The number of rotatable bonds is 5. The highest BCUT2D eigenvalue weighted by atomic mass is 16.2. The van der Waals surface area contributed by atoms with Crippen molar-refractivity contribution < 1.29 is 4.79 Å². The highest BCUT2D eigenvalue weighted by Crippen LogP contribution is 2.22. The maximum Gasteiger partial charge on any atom is 0.289 e. The maximum atomic E-state index is 12.3. The summed E-state index contributed by atoms with van der Waals surface area (Å²) in [7, 11) is 0. The Morgan fingerprint density at radius 1 is 1.08 bits per heavy atom. The summed E-state index contributed by atoms with van der Waals surface area (Å²) in [6.45, 7) is 3.79. The van der Waals surface area contributed by atoms with Gasteiger partial charge in [0.15, 0.2) is 0 Å². The summed E-state index contributed by atoms with van der Waals surface area (Å²) in [5, 5.41) is 11.1. The van der Waals surface area contributed by atoms with Crippen LogP contribution in [0, 0.1) is 6.92 Å². The molecule has 1 aromatic heterocycles. The van der Waals surface area contributed by atoms with E-state index in [0.717, 1.165) is 28.0 Å². The molecule has 0 saturated heterocycles. The molecular weight excluding hydrogens is 324 g/mol. The van der Waals surface area contributed by atoms with Crippen molar-refractivity contribution in [1.29, 1.82) is 0 Å². The van der Waals surface area contributed by atoms with Gasteiger partial charge < -0.3 is 0 Å². The number of carbonyl (C=O) groups excluding carboxylic acids is 1. The van der Waals surface area contributed by atoms with Crippen LogP contribution in [0.1, 0.15) is 28.5 Å². The van der Waals surface area contributed by atoms with E-state index in [0.29, 0.717) is 5.69 Å². The summed E-state index contributed by atoms with van der Waals surface area (Å²) in [5.41, 5.74) is 7.48. The molecule has 3 rings (SSSR count). The van der Waals surface area contributed by atoms with E-state index in [1.54, 1.807) is 6.21 Å². The summed E-state index contributed by atoms with van der Waals surface area (Å²) in [4.78, 5) is 12.3. The van der Waals surface area contributed by atoms with Crippen molar-refractivity contribution in [2.45, 2.75) is 13.8 Å². The number of nitrogens with one attached hydrogen (secondary N) is 2. The molecule has 26 heavy (non-hydrogen) atoms. The van der Waals surface area contributed by atoms with E-state index >= 15 is 0 Å². The molecule has 0 aliphatic heterocycles. The summed E-state index contributed by atoms with van der Waals surface area (Å²) < 4.78 is 0. The van der Waals surface area contributed by atoms with Gasteiger partial charge in [0.1, 0.15) is 5.69 Å². The zero-order valence-electron chi connectivity index (χ0n) is 14.7. The van der Waals surface area contributed by atoms with Crippen molar-refractivity contribution >= 4 is 18.2 Å². The van der Waals surface area contributed by atoms with Crippen LogP contribution in [-0.2, 0) is 0 Å². The van der Waals surface area contributed by atoms with Gasteiger partial charge >= 0.3 is 0 Å².